The van der Waals surface area contributed by atoms with Crippen molar-refractivity contribution in [1.82, 2.24) is 4.98 Å². The van der Waals surface area contributed by atoms with Gasteiger partial charge < -0.3 is 9.47 Å². The van der Waals surface area contributed by atoms with Crippen LogP contribution in [0.3, 0.4) is 0 Å². The Bertz CT molecular complexity index is 1220. The second-order valence-corrected chi connectivity index (χ2v) is 8.78. The lowest BCUT2D eigenvalue weighted by Gasteiger charge is -2.13. The molecule has 4 aromatic rings. The van der Waals surface area contributed by atoms with E-state index in [1.54, 1.807) is 6.07 Å². The second kappa shape index (κ2) is 12.2. The van der Waals surface area contributed by atoms with Gasteiger partial charge in [-0.3, -0.25) is 0 Å². The summed E-state index contributed by atoms with van der Waals surface area (Å²) in [6.45, 7) is 8.39. The van der Waals surface area contributed by atoms with Crippen LogP contribution in [0.15, 0.2) is 97.2 Å². The molecule has 3 aromatic carbocycles. The van der Waals surface area contributed by atoms with Crippen molar-refractivity contribution in [3.8, 4) is 23.0 Å². The summed E-state index contributed by atoms with van der Waals surface area (Å²) in [6, 6.07) is 27.7. The summed E-state index contributed by atoms with van der Waals surface area (Å²) in [6.07, 6.45) is -3.35. The maximum atomic E-state index is 12.4. The van der Waals surface area contributed by atoms with E-state index in [-0.39, 0.29) is 11.7 Å². The maximum absolute atomic E-state index is 12.4. The van der Waals surface area contributed by atoms with E-state index >= 15 is 0 Å². The van der Waals surface area contributed by atoms with Gasteiger partial charge in [0.25, 0.3) is 0 Å². The van der Waals surface area contributed by atoms with Crippen LogP contribution >= 0.6 is 0 Å². The predicted molar refractivity (Wildman–Crippen MR) is 137 cm³/mol. The highest BCUT2D eigenvalue weighted by Crippen LogP contribution is 2.32. The molecule has 6 heteroatoms. The molecule has 0 atom stereocenters. The van der Waals surface area contributed by atoms with E-state index in [2.05, 4.69) is 24.9 Å². The molecule has 0 saturated heterocycles. The molecule has 0 unspecified atom stereocenters. The lowest BCUT2D eigenvalue weighted by Crippen LogP contribution is -2.07. The Balaban J connectivity index is 0.000000205. The fourth-order valence-electron chi connectivity index (χ4n) is 3.45. The Kier molecular flexibility index (Phi) is 9.12. The van der Waals surface area contributed by atoms with Crippen molar-refractivity contribution in [3.05, 3.63) is 114 Å². The van der Waals surface area contributed by atoms with Crippen LogP contribution in [0.1, 0.15) is 56.4 Å². The molecule has 1 heterocycles. The molecule has 0 aliphatic carbocycles. The average molecular weight is 494 g/mol. The molecular formula is C30H30F3NO2. The number of alkyl halides is 3. The summed E-state index contributed by atoms with van der Waals surface area (Å²) in [5.41, 5.74) is 1.31. The van der Waals surface area contributed by atoms with Crippen molar-refractivity contribution >= 4 is 0 Å². The number of halogens is 3. The third-order valence-corrected chi connectivity index (χ3v) is 5.31. The monoisotopic (exact) mass is 493 g/mol. The van der Waals surface area contributed by atoms with Gasteiger partial charge in [0.1, 0.15) is 28.7 Å². The van der Waals surface area contributed by atoms with E-state index in [0.717, 1.165) is 29.3 Å². The number of pyridine rings is 1. The summed E-state index contributed by atoms with van der Waals surface area (Å²) < 4.78 is 48.7. The number of rotatable bonds is 6. The van der Waals surface area contributed by atoms with Crippen molar-refractivity contribution in [2.75, 3.05) is 0 Å². The van der Waals surface area contributed by atoms with Crippen molar-refractivity contribution in [2.45, 2.75) is 45.7 Å². The van der Waals surface area contributed by atoms with Crippen LogP contribution in [0.4, 0.5) is 13.2 Å². The molecule has 0 radical (unpaired) electrons. The molecule has 0 spiro atoms. The highest BCUT2D eigenvalue weighted by molar-refractivity contribution is 5.40. The van der Waals surface area contributed by atoms with Crippen LogP contribution < -0.4 is 9.47 Å². The Morgan fingerprint density at radius 3 is 1.50 bits per heavy atom. The second-order valence-electron chi connectivity index (χ2n) is 8.78. The fourth-order valence-corrected chi connectivity index (χ4v) is 3.45. The Labute approximate surface area is 210 Å². The zero-order valence-corrected chi connectivity index (χ0v) is 20.8. The summed E-state index contributed by atoms with van der Waals surface area (Å²) in [5.74, 6) is 3.47. The standard InChI is InChI=1S/C15H14F3NO.C15H16O/c1-10(2)12-5-3-4-6-13(12)20-11-7-8-14(19-9-11)15(16,17)18;1-12(2)14-10-6-7-11-15(14)16-13-8-4-3-5-9-13/h3-10H,1-2H3;3-12H,1-2H3. The first-order valence-electron chi connectivity index (χ1n) is 11.8. The van der Waals surface area contributed by atoms with Gasteiger partial charge in [0.2, 0.25) is 0 Å². The van der Waals surface area contributed by atoms with E-state index in [0.29, 0.717) is 11.7 Å². The lowest BCUT2D eigenvalue weighted by atomic mass is 10.0. The third kappa shape index (κ3) is 7.60. The topological polar surface area (TPSA) is 31.4 Å². The first kappa shape index (κ1) is 26.8. The molecule has 0 aliphatic rings. The van der Waals surface area contributed by atoms with E-state index in [1.165, 1.54) is 11.6 Å². The summed E-state index contributed by atoms with van der Waals surface area (Å²) in [4.78, 5) is 3.37. The lowest BCUT2D eigenvalue weighted by molar-refractivity contribution is -0.141. The molecule has 188 valence electrons. The molecule has 0 bridgehead atoms. The third-order valence-electron chi connectivity index (χ3n) is 5.31. The van der Waals surface area contributed by atoms with E-state index in [4.69, 9.17) is 9.47 Å². The number of nitrogens with zero attached hydrogens (tertiary/aromatic N) is 1. The predicted octanol–water partition coefficient (Wildman–Crippen LogP) is 9.62. The number of hydrogen-bond acceptors (Lipinski definition) is 3. The zero-order chi connectivity index (χ0) is 26.1. The SMILES string of the molecule is CC(C)c1ccccc1Oc1ccc(C(F)(F)F)nc1.CC(C)c1ccccc1Oc1ccccc1. The van der Waals surface area contributed by atoms with Crippen LogP contribution in [0, 0.1) is 0 Å². The first-order chi connectivity index (χ1) is 17.1. The first-order valence-corrected chi connectivity index (χ1v) is 11.8. The van der Waals surface area contributed by atoms with Gasteiger partial charge in [-0.05, 0) is 59.4 Å². The smallest absolute Gasteiger partial charge is 0.433 e. The van der Waals surface area contributed by atoms with Crippen LogP contribution in [0.25, 0.3) is 0 Å². The number of ether oxygens (including phenoxy) is 2. The molecule has 0 N–H and O–H groups in total. The Hall–Kier alpha value is -3.80. The number of benzene rings is 3. The van der Waals surface area contributed by atoms with Gasteiger partial charge in [-0.25, -0.2) is 4.98 Å². The molecule has 36 heavy (non-hydrogen) atoms. The summed E-state index contributed by atoms with van der Waals surface area (Å²) in [5, 5.41) is 0. The minimum absolute atomic E-state index is 0.258. The van der Waals surface area contributed by atoms with Gasteiger partial charge in [0.05, 0.1) is 6.20 Å². The van der Waals surface area contributed by atoms with E-state index in [1.807, 2.05) is 80.6 Å². The Morgan fingerprint density at radius 1 is 0.583 bits per heavy atom. The van der Waals surface area contributed by atoms with E-state index in [9.17, 15) is 13.2 Å². The summed E-state index contributed by atoms with van der Waals surface area (Å²) >= 11 is 0. The van der Waals surface area contributed by atoms with Gasteiger partial charge in [0, 0.05) is 0 Å². The molecular weight excluding hydrogens is 463 g/mol. The van der Waals surface area contributed by atoms with Crippen molar-refractivity contribution in [1.29, 1.82) is 0 Å². The number of aromatic nitrogens is 1. The molecule has 1 aromatic heterocycles. The normalized spacial score (nSPS) is 11.1. The number of para-hydroxylation sites is 3. The molecule has 3 nitrogen and oxygen atoms in total. The molecule has 0 amide bonds. The highest BCUT2D eigenvalue weighted by atomic mass is 19.4. The van der Waals surface area contributed by atoms with Crippen molar-refractivity contribution < 1.29 is 22.6 Å². The molecule has 0 aliphatic heterocycles. The van der Waals surface area contributed by atoms with Crippen molar-refractivity contribution in [3.63, 3.8) is 0 Å². The highest BCUT2D eigenvalue weighted by Gasteiger charge is 2.32. The summed E-state index contributed by atoms with van der Waals surface area (Å²) in [7, 11) is 0. The quantitative estimate of drug-likeness (QED) is 0.268. The maximum Gasteiger partial charge on any atom is 0.433 e. The number of hydrogen-bond donors (Lipinski definition) is 0. The molecule has 4 rings (SSSR count). The molecule has 0 saturated carbocycles. The molecule has 0 fully saturated rings. The average Bonchev–Trinajstić information content (AvgIpc) is 2.85. The Morgan fingerprint density at radius 2 is 1.06 bits per heavy atom. The van der Waals surface area contributed by atoms with Crippen molar-refractivity contribution in [2.24, 2.45) is 0 Å². The van der Waals surface area contributed by atoms with Gasteiger partial charge in [-0.1, -0.05) is 82.3 Å². The van der Waals surface area contributed by atoms with Crippen LogP contribution in [0.5, 0.6) is 23.0 Å². The van der Waals surface area contributed by atoms with Gasteiger partial charge in [0.15, 0.2) is 0 Å². The minimum atomic E-state index is -4.44. The van der Waals surface area contributed by atoms with Gasteiger partial charge in [-0.2, -0.15) is 13.2 Å². The van der Waals surface area contributed by atoms with Crippen LogP contribution in [-0.4, -0.2) is 4.98 Å². The van der Waals surface area contributed by atoms with Crippen LogP contribution in [0.2, 0.25) is 0 Å². The van der Waals surface area contributed by atoms with E-state index < -0.39 is 11.9 Å². The van der Waals surface area contributed by atoms with Crippen LogP contribution in [-0.2, 0) is 6.18 Å². The van der Waals surface area contributed by atoms with Gasteiger partial charge in [-0.15, -0.1) is 0 Å². The fraction of sp³-hybridized carbons (Fsp3) is 0.233. The largest absolute Gasteiger partial charge is 0.457 e. The van der Waals surface area contributed by atoms with Gasteiger partial charge >= 0.3 is 6.18 Å². The minimum Gasteiger partial charge on any atom is -0.457 e. The zero-order valence-electron chi connectivity index (χ0n) is 20.8.